The van der Waals surface area contributed by atoms with Crippen LogP contribution in [0.25, 0.3) is 5.69 Å². The predicted molar refractivity (Wildman–Crippen MR) is 108 cm³/mol. The van der Waals surface area contributed by atoms with Crippen LogP contribution in [0.5, 0.6) is 5.75 Å². The van der Waals surface area contributed by atoms with Crippen molar-refractivity contribution < 1.29 is 4.74 Å². The molecule has 1 heterocycles. The van der Waals surface area contributed by atoms with Gasteiger partial charge in [-0.05, 0) is 42.8 Å². The lowest BCUT2D eigenvalue weighted by Crippen LogP contribution is -2.36. The van der Waals surface area contributed by atoms with Crippen LogP contribution in [0.15, 0.2) is 71.9 Å². The fraction of sp³-hybridized carbons (Fsp3) is 0.238. The van der Waals surface area contributed by atoms with Crippen LogP contribution in [0.4, 0.5) is 0 Å². The third kappa shape index (κ3) is 5.34. The van der Waals surface area contributed by atoms with Gasteiger partial charge in [-0.1, -0.05) is 30.3 Å². The van der Waals surface area contributed by atoms with E-state index in [0.717, 1.165) is 35.2 Å². The van der Waals surface area contributed by atoms with Crippen LogP contribution < -0.4 is 15.4 Å². The van der Waals surface area contributed by atoms with Crippen molar-refractivity contribution in [1.29, 1.82) is 0 Å². The van der Waals surface area contributed by atoms with Crippen LogP contribution >= 0.6 is 0 Å². The zero-order chi connectivity index (χ0) is 18.9. The first-order valence-corrected chi connectivity index (χ1v) is 9.03. The van der Waals surface area contributed by atoms with E-state index >= 15 is 0 Å². The van der Waals surface area contributed by atoms with Crippen molar-refractivity contribution in [2.75, 3.05) is 13.7 Å². The summed E-state index contributed by atoms with van der Waals surface area (Å²) in [6.07, 6.45) is 1.96. The highest BCUT2D eigenvalue weighted by molar-refractivity contribution is 5.79. The van der Waals surface area contributed by atoms with E-state index in [2.05, 4.69) is 20.7 Å². The van der Waals surface area contributed by atoms with E-state index in [1.165, 1.54) is 0 Å². The minimum atomic E-state index is 0.574. The molecule has 0 radical (unpaired) electrons. The molecule has 2 N–H and O–H groups in total. The monoisotopic (exact) mass is 363 g/mol. The number of hydrogen-bond acceptors (Lipinski definition) is 3. The van der Waals surface area contributed by atoms with Gasteiger partial charge in [0, 0.05) is 12.7 Å². The summed E-state index contributed by atoms with van der Waals surface area (Å²) in [5, 5.41) is 11.2. The van der Waals surface area contributed by atoms with Crippen LogP contribution in [0.2, 0.25) is 0 Å². The summed E-state index contributed by atoms with van der Waals surface area (Å²) < 4.78 is 7.14. The van der Waals surface area contributed by atoms with Crippen molar-refractivity contribution in [3.05, 3.63) is 78.1 Å². The fourth-order valence-corrected chi connectivity index (χ4v) is 2.64. The number of nitrogens with one attached hydrogen (secondary N) is 2. The van der Waals surface area contributed by atoms with Gasteiger partial charge in [0.1, 0.15) is 5.75 Å². The van der Waals surface area contributed by atoms with Crippen molar-refractivity contribution >= 4 is 5.96 Å². The van der Waals surface area contributed by atoms with E-state index < -0.39 is 0 Å². The van der Waals surface area contributed by atoms with Gasteiger partial charge in [-0.15, -0.1) is 0 Å². The lowest BCUT2D eigenvalue weighted by molar-refractivity contribution is 0.414. The zero-order valence-electron chi connectivity index (χ0n) is 15.7. The molecule has 27 heavy (non-hydrogen) atoms. The molecule has 0 bridgehead atoms. The maximum Gasteiger partial charge on any atom is 0.191 e. The average Bonchev–Trinajstić information content (AvgIpc) is 3.20. The second kappa shape index (κ2) is 9.43. The second-order valence-corrected chi connectivity index (χ2v) is 5.99. The van der Waals surface area contributed by atoms with E-state index in [4.69, 9.17) is 4.74 Å². The van der Waals surface area contributed by atoms with Crippen molar-refractivity contribution in [3.8, 4) is 11.4 Å². The number of ether oxygens (including phenoxy) is 1. The van der Waals surface area contributed by atoms with Crippen LogP contribution in [0, 0.1) is 0 Å². The third-order valence-corrected chi connectivity index (χ3v) is 4.00. The van der Waals surface area contributed by atoms with Crippen LogP contribution in [0.3, 0.4) is 0 Å². The summed E-state index contributed by atoms with van der Waals surface area (Å²) in [5.74, 6) is 1.60. The number of aliphatic imine (C=N–C) groups is 1. The van der Waals surface area contributed by atoms with Gasteiger partial charge in [-0.3, -0.25) is 0 Å². The number of benzene rings is 2. The van der Waals surface area contributed by atoms with Gasteiger partial charge in [-0.25, -0.2) is 9.67 Å². The number of methoxy groups -OCH3 is 1. The smallest absolute Gasteiger partial charge is 0.191 e. The molecule has 1 aromatic heterocycles. The Morgan fingerprint density at radius 2 is 1.93 bits per heavy atom. The maximum atomic E-state index is 5.26. The topological polar surface area (TPSA) is 63.5 Å². The lowest BCUT2D eigenvalue weighted by Gasteiger charge is -2.10. The van der Waals surface area contributed by atoms with E-state index in [1.54, 1.807) is 7.11 Å². The Labute approximate surface area is 159 Å². The van der Waals surface area contributed by atoms with Crippen molar-refractivity contribution in [2.24, 2.45) is 4.99 Å². The predicted octanol–water partition coefficient (Wildman–Crippen LogP) is 3.14. The highest BCUT2D eigenvalue weighted by atomic mass is 16.5. The van der Waals surface area contributed by atoms with Crippen LogP contribution in [0.1, 0.15) is 18.2 Å². The van der Waals surface area contributed by atoms with Crippen molar-refractivity contribution in [3.63, 3.8) is 0 Å². The molecule has 0 spiro atoms. The van der Waals surface area contributed by atoms with Gasteiger partial charge in [0.05, 0.1) is 31.6 Å². The Bertz CT molecular complexity index is 873. The molecule has 0 fully saturated rings. The molecule has 6 heteroatoms. The Kier molecular flexibility index (Phi) is 6.46. The molecule has 140 valence electrons. The van der Waals surface area contributed by atoms with Crippen LogP contribution in [-0.2, 0) is 13.1 Å². The molecule has 2 aromatic carbocycles. The normalized spacial score (nSPS) is 11.3. The first kappa shape index (κ1) is 18.5. The van der Waals surface area contributed by atoms with Crippen molar-refractivity contribution in [1.82, 2.24) is 20.4 Å². The van der Waals surface area contributed by atoms with Gasteiger partial charge in [0.15, 0.2) is 5.96 Å². The summed E-state index contributed by atoms with van der Waals surface area (Å²) in [4.78, 5) is 4.64. The molecule has 3 aromatic rings. The molecular formula is C21H25N5O. The Morgan fingerprint density at radius 1 is 1.07 bits per heavy atom. The van der Waals surface area contributed by atoms with Gasteiger partial charge < -0.3 is 15.4 Å². The summed E-state index contributed by atoms with van der Waals surface area (Å²) in [7, 11) is 1.67. The highest BCUT2D eigenvalue weighted by Crippen LogP contribution is 2.13. The number of rotatable bonds is 7. The molecule has 0 aliphatic carbocycles. The number of aromatic nitrogens is 2. The van der Waals surface area contributed by atoms with Crippen molar-refractivity contribution in [2.45, 2.75) is 20.0 Å². The lowest BCUT2D eigenvalue weighted by atomic mass is 10.2. The third-order valence-electron chi connectivity index (χ3n) is 4.00. The second-order valence-electron chi connectivity index (χ2n) is 5.99. The van der Waals surface area contributed by atoms with E-state index in [9.17, 15) is 0 Å². The largest absolute Gasteiger partial charge is 0.497 e. The minimum absolute atomic E-state index is 0.574. The summed E-state index contributed by atoms with van der Waals surface area (Å²) in [6, 6.07) is 20.0. The number of hydrogen-bond donors (Lipinski definition) is 2. The fourth-order valence-electron chi connectivity index (χ4n) is 2.64. The first-order valence-electron chi connectivity index (χ1n) is 9.03. The molecule has 0 saturated carbocycles. The SMILES string of the molecule is CCNC(=NCc1cccc(OC)c1)NCc1ccn(-c2ccccc2)n1. The average molecular weight is 363 g/mol. The summed E-state index contributed by atoms with van der Waals surface area (Å²) in [6.45, 7) is 4.02. The van der Waals surface area contributed by atoms with E-state index in [0.29, 0.717) is 13.1 Å². The standard InChI is InChI=1S/C21H25N5O/c1-3-22-21(23-15-17-8-7-11-20(14-17)27-2)24-16-18-12-13-26(25-18)19-9-5-4-6-10-19/h4-14H,3,15-16H2,1-2H3,(H2,22,23,24). The maximum absolute atomic E-state index is 5.26. The molecular weight excluding hydrogens is 338 g/mol. The molecule has 3 rings (SSSR count). The molecule has 0 atom stereocenters. The number of nitrogens with zero attached hydrogens (tertiary/aromatic N) is 3. The van der Waals surface area contributed by atoms with E-state index in [-0.39, 0.29) is 0 Å². The minimum Gasteiger partial charge on any atom is -0.497 e. The molecule has 6 nitrogen and oxygen atoms in total. The van der Waals surface area contributed by atoms with Crippen LogP contribution in [-0.4, -0.2) is 29.4 Å². The molecule has 0 unspecified atom stereocenters. The molecule has 0 saturated heterocycles. The molecule has 0 amide bonds. The Morgan fingerprint density at radius 3 is 2.70 bits per heavy atom. The summed E-state index contributed by atoms with van der Waals surface area (Å²) in [5.41, 5.74) is 3.09. The quantitative estimate of drug-likeness (QED) is 0.500. The molecule has 0 aliphatic heterocycles. The Hall–Kier alpha value is -3.28. The highest BCUT2D eigenvalue weighted by Gasteiger charge is 2.03. The van der Waals surface area contributed by atoms with Gasteiger partial charge in [-0.2, -0.15) is 5.10 Å². The number of para-hydroxylation sites is 1. The van der Waals surface area contributed by atoms with Gasteiger partial charge in [0.25, 0.3) is 0 Å². The summed E-state index contributed by atoms with van der Waals surface area (Å²) >= 11 is 0. The first-order chi connectivity index (χ1) is 13.3. The molecule has 0 aliphatic rings. The van der Waals surface area contributed by atoms with Gasteiger partial charge >= 0.3 is 0 Å². The van der Waals surface area contributed by atoms with Gasteiger partial charge in [0.2, 0.25) is 0 Å². The van der Waals surface area contributed by atoms with E-state index in [1.807, 2.05) is 78.5 Å². The zero-order valence-corrected chi connectivity index (χ0v) is 15.7. The Balaban J connectivity index is 1.62. The number of guanidine groups is 1.